The van der Waals surface area contributed by atoms with Crippen molar-refractivity contribution in [2.45, 2.75) is 0 Å². The van der Waals surface area contributed by atoms with Gasteiger partial charge in [0.1, 0.15) is 0 Å². The van der Waals surface area contributed by atoms with E-state index in [4.69, 9.17) is 16.3 Å². The number of para-hydroxylation sites is 1. The Morgan fingerprint density at radius 1 is 1.40 bits per heavy atom. The predicted octanol–water partition coefficient (Wildman–Crippen LogP) is -0.919. The fourth-order valence-electron chi connectivity index (χ4n) is 1.36. The molecule has 0 fully saturated rings. The molecule has 106 valence electrons. The van der Waals surface area contributed by atoms with Crippen LogP contribution in [-0.4, -0.2) is 18.3 Å². The van der Waals surface area contributed by atoms with Gasteiger partial charge in [0, 0.05) is 5.69 Å². The maximum absolute atomic E-state index is 11.6. The first kappa shape index (κ1) is 13.5. The van der Waals surface area contributed by atoms with E-state index >= 15 is 0 Å². The quantitative estimate of drug-likeness (QED) is 0.439. The van der Waals surface area contributed by atoms with Gasteiger partial charge in [0.2, 0.25) is 0 Å². The zero-order valence-corrected chi connectivity index (χ0v) is 10.4. The number of oxime groups is 1. The first-order chi connectivity index (χ1) is 9.66. The van der Waals surface area contributed by atoms with Gasteiger partial charge >= 0.3 is 0 Å². The van der Waals surface area contributed by atoms with Crippen LogP contribution in [0.25, 0.3) is 0 Å². The van der Waals surface area contributed by atoms with E-state index in [0.29, 0.717) is 5.69 Å². The lowest BCUT2D eigenvalue weighted by Gasteiger charge is -2.09. The average molecular weight is 278 g/mol. The van der Waals surface area contributed by atoms with Gasteiger partial charge in [0.15, 0.2) is 24.0 Å². The molecule has 1 heterocycles. The third kappa shape index (κ3) is 3.53. The zero-order valence-electron chi connectivity index (χ0n) is 10.4. The molecular weight excluding hydrogens is 264 g/mol. The minimum atomic E-state index is -0.334. The molecule has 0 radical (unpaired) electrons. The molecule has 0 atom stereocenters. The van der Waals surface area contributed by atoms with Crippen molar-refractivity contribution >= 4 is 17.4 Å². The molecule has 1 aromatic rings. The van der Waals surface area contributed by atoms with Crippen molar-refractivity contribution in [3.05, 3.63) is 41.8 Å². The second-order valence-corrected chi connectivity index (χ2v) is 3.76. The van der Waals surface area contributed by atoms with Gasteiger partial charge in [-0.15, -0.1) is 0 Å². The van der Waals surface area contributed by atoms with E-state index in [9.17, 15) is 4.79 Å². The summed E-state index contributed by atoms with van der Waals surface area (Å²) in [4.78, 5) is 21.0. The molecule has 1 aliphatic heterocycles. The van der Waals surface area contributed by atoms with Crippen LogP contribution in [0.4, 0.5) is 5.69 Å². The SMILES string of the molecule is NC1=NONC1=C(N)NOCC(=O)Nc1ccccc1. The van der Waals surface area contributed by atoms with Crippen LogP contribution in [0, 0.1) is 0 Å². The molecule has 20 heavy (non-hydrogen) atoms. The third-order valence-electron chi connectivity index (χ3n) is 2.26. The van der Waals surface area contributed by atoms with E-state index < -0.39 is 0 Å². The Balaban J connectivity index is 1.76. The van der Waals surface area contributed by atoms with E-state index in [1.165, 1.54) is 0 Å². The molecule has 0 spiro atoms. The predicted molar refractivity (Wildman–Crippen MR) is 71.2 cm³/mol. The second-order valence-electron chi connectivity index (χ2n) is 3.76. The van der Waals surface area contributed by atoms with E-state index in [1.807, 2.05) is 18.2 Å². The largest absolute Gasteiger partial charge is 0.382 e. The van der Waals surface area contributed by atoms with Crippen LogP contribution in [0.2, 0.25) is 0 Å². The lowest BCUT2D eigenvalue weighted by atomic mass is 10.3. The second kappa shape index (κ2) is 6.29. The molecule has 7 N–H and O–H groups in total. The van der Waals surface area contributed by atoms with E-state index in [1.54, 1.807) is 12.1 Å². The molecule has 0 saturated heterocycles. The van der Waals surface area contributed by atoms with Crippen molar-refractivity contribution in [1.82, 2.24) is 11.0 Å². The van der Waals surface area contributed by atoms with Crippen molar-refractivity contribution in [1.29, 1.82) is 0 Å². The van der Waals surface area contributed by atoms with Crippen LogP contribution < -0.4 is 27.7 Å². The minimum absolute atomic E-state index is 0.0521. The van der Waals surface area contributed by atoms with Gasteiger partial charge in [-0.3, -0.25) is 14.6 Å². The van der Waals surface area contributed by atoms with Gasteiger partial charge < -0.3 is 16.8 Å². The van der Waals surface area contributed by atoms with E-state index in [0.717, 1.165) is 0 Å². The van der Waals surface area contributed by atoms with Gasteiger partial charge in [0.25, 0.3) is 5.91 Å². The fourth-order valence-corrected chi connectivity index (χ4v) is 1.36. The van der Waals surface area contributed by atoms with Crippen molar-refractivity contribution < 1.29 is 14.6 Å². The molecule has 1 aromatic carbocycles. The number of nitrogens with two attached hydrogens (primary N) is 2. The van der Waals surface area contributed by atoms with E-state index in [2.05, 4.69) is 26.4 Å². The number of rotatable bonds is 5. The zero-order chi connectivity index (χ0) is 14.4. The molecule has 9 nitrogen and oxygen atoms in total. The van der Waals surface area contributed by atoms with Crippen molar-refractivity contribution in [3.63, 3.8) is 0 Å². The van der Waals surface area contributed by atoms with Crippen LogP contribution in [0.15, 0.2) is 47.0 Å². The summed E-state index contributed by atoms with van der Waals surface area (Å²) in [6.07, 6.45) is 0. The minimum Gasteiger partial charge on any atom is -0.382 e. The Bertz CT molecular complexity index is 542. The molecular formula is C11H14N6O3. The first-order valence-corrected chi connectivity index (χ1v) is 5.65. The number of amidine groups is 1. The van der Waals surface area contributed by atoms with Gasteiger partial charge in [-0.25, -0.2) is 5.48 Å². The number of anilines is 1. The summed E-state index contributed by atoms with van der Waals surface area (Å²) in [5.74, 6) is -0.206. The maximum Gasteiger partial charge on any atom is 0.253 e. The lowest BCUT2D eigenvalue weighted by Crippen LogP contribution is -2.32. The number of carbonyl (C=O) groups is 1. The van der Waals surface area contributed by atoms with Crippen LogP contribution in [-0.2, 0) is 14.6 Å². The van der Waals surface area contributed by atoms with Crippen LogP contribution in [0.5, 0.6) is 0 Å². The van der Waals surface area contributed by atoms with Gasteiger partial charge in [-0.05, 0) is 17.3 Å². The summed E-state index contributed by atoms with van der Waals surface area (Å²) < 4.78 is 0. The third-order valence-corrected chi connectivity index (χ3v) is 2.26. The van der Waals surface area contributed by atoms with E-state index in [-0.39, 0.29) is 29.9 Å². The Morgan fingerprint density at radius 2 is 2.15 bits per heavy atom. The summed E-state index contributed by atoms with van der Waals surface area (Å²) in [6.45, 7) is -0.235. The summed E-state index contributed by atoms with van der Waals surface area (Å²) in [5, 5.41) is 6.05. The number of hydrogen-bond acceptors (Lipinski definition) is 8. The summed E-state index contributed by atoms with van der Waals surface area (Å²) in [7, 11) is 0. The number of nitrogens with one attached hydrogen (secondary N) is 3. The highest BCUT2D eigenvalue weighted by atomic mass is 16.8. The summed E-state index contributed by atoms with van der Waals surface area (Å²) >= 11 is 0. The summed E-state index contributed by atoms with van der Waals surface area (Å²) in [5.41, 5.74) is 16.7. The first-order valence-electron chi connectivity index (χ1n) is 5.65. The molecule has 0 unspecified atom stereocenters. The van der Waals surface area contributed by atoms with Crippen LogP contribution in [0.1, 0.15) is 0 Å². The number of carbonyl (C=O) groups excluding carboxylic acids is 1. The molecule has 0 aliphatic carbocycles. The maximum atomic E-state index is 11.6. The smallest absolute Gasteiger partial charge is 0.253 e. The topological polar surface area (TPSA) is 136 Å². The van der Waals surface area contributed by atoms with Crippen LogP contribution in [0.3, 0.4) is 0 Å². The van der Waals surface area contributed by atoms with Crippen LogP contribution >= 0.6 is 0 Å². The fraction of sp³-hybridized carbons (Fsp3) is 0.0909. The molecule has 9 heteroatoms. The molecule has 1 amide bonds. The number of hydroxylamine groups is 2. The monoisotopic (exact) mass is 278 g/mol. The van der Waals surface area contributed by atoms with Gasteiger partial charge in [-0.2, -0.15) is 5.48 Å². The van der Waals surface area contributed by atoms with Crippen molar-refractivity contribution in [2.75, 3.05) is 11.9 Å². The molecule has 1 aliphatic rings. The Kier molecular flexibility index (Phi) is 4.24. The molecule has 0 saturated carbocycles. The highest BCUT2D eigenvalue weighted by Crippen LogP contribution is 2.04. The Hall–Kier alpha value is -2.94. The van der Waals surface area contributed by atoms with Gasteiger partial charge in [0.05, 0.1) is 0 Å². The highest BCUT2D eigenvalue weighted by Gasteiger charge is 2.15. The normalized spacial score (nSPS) is 15.7. The molecule has 0 aromatic heterocycles. The number of amides is 1. The number of benzene rings is 1. The highest BCUT2D eigenvalue weighted by molar-refractivity contribution is 5.97. The number of nitrogens with zero attached hydrogens (tertiary/aromatic N) is 1. The molecule has 0 bridgehead atoms. The Labute approximate surface area is 114 Å². The average Bonchev–Trinajstić information content (AvgIpc) is 2.86. The Morgan fingerprint density at radius 3 is 2.80 bits per heavy atom. The van der Waals surface area contributed by atoms with Crippen molar-refractivity contribution in [3.8, 4) is 0 Å². The van der Waals surface area contributed by atoms with Crippen molar-refractivity contribution in [2.24, 2.45) is 16.6 Å². The van der Waals surface area contributed by atoms with Gasteiger partial charge in [-0.1, -0.05) is 18.2 Å². The molecule has 2 rings (SSSR count). The standard InChI is InChI=1S/C11H14N6O3/c12-10(9-11(13)17-20-15-9)16-19-6-8(18)14-7-4-2-1-3-5-7/h1-5,15-16H,6,12H2,(H2,13,17)(H,14,18). The summed E-state index contributed by atoms with van der Waals surface area (Å²) in [6, 6.07) is 9.00. The number of hydrogen-bond donors (Lipinski definition) is 5. The lowest BCUT2D eigenvalue weighted by molar-refractivity contribution is -0.122.